The first-order valence-electron chi connectivity index (χ1n) is 11.1. The third-order valence-corrected chi connectivity index (χ3v) is 4.63. The van der Waals surface area contributed by atoms with Crippen molar-refractivity contribution >= 4 is 29.8 Å². The maximum absolute atomic E-state index is 12.2. The highest BCUT2D eigenvalue weighted by atomic mass is 16.5. The van der Waals surface area contributed by atoms with E-state index in [1.807, 2.05) is 0 Å². The van der Waals surface area contributed by atoms with Gasteiger partial charge in [-0.15, -0.1) is 0 Å². The van der Waals surface area contributed by atoms with Gasteiger partial charge in [0.1, 0.15) is 6.04 Å². The fourth-order valence-electron chi connectivity index (χ4n) is 3.00. The molecule has 0 radical (unpaired) electrons. The topological polar surface area (TPSA) is 160 Å². The van der Waals surface area contributed by atoms with Gasteiger partial charge in [-0.1, -0.05) is 30.3 Å². The van der Waals surface area contributed by atoms with Crippen LogP contribution in [0.25, 0.3) is 0 Å². The van der Waals surface area contributed by atoms with E-state index in [1.165, 1.54) is 7.05 Å². The SMILES string of the molecule is CCOC(=O)c1ccccc1C(=O)OCC.CNN(C(=O)c1ccccc1)[C@@H](CCC(=O)O)C(=O)O. The zero-order valence-electron chi connectivity index (χ0n) is 20.3. The Balaban J connectivity index is 0.000000369. The number of hydrogen-bond acceptors (Lipinski definition) is 8. The van der Waals surface area contributed by atoms with Crippen LogP contribution in [-0.4, -0.2) is 71.3 Å². The fourth-order valence-corrected chi connectivity index (χ4v) is 3.00. The zero-order chi connectivity index (χ0) is 27.1. The van der Waals surface area contributed by atoms with Crippen LogP contribution < -0.4 is 5.43 Å². The first kappa shape index (κ1) is 29.8. The molecule has 0 heterocycles. The maximum Gasteiger partial charge on any atom is 0.338 e. The Morgan fingerprint density at radius 1 is 0.833 bits per heavy atom. The number of amides is 1. The average molecular weight is 503 g/mol. The van der Waals surface area contributed by atoms with Gasteiger partial charge in [0.15, 0.2) is 0 Å². The van der Waals surface area contributed by atoms with E-state index in [0.29, 0.717) is 5.56 Å². The van der Waals surface area contributed by atoms with Crippen LogP contribution in [0.1, 0.15) is 57.8 Å². The van der Waals surface area contributed by atoms with Crippen molar-refractivity contribution in [3.8, 4) is 0 Å². The number of hydrogen-bond donors (Lipinski definition) is 3. The molecule has 1 amide bonds. The Labute approximate surface area is 208 Å². The van der Waals surface area contributed by atoms with Crippen molar-refractivity contribution in [3.05, 3.63) is 71.3 Å². The van der Waals surface area contributed by atoms with Crippen molar-refractivity contribution in [2.24, 2.45) is 0 Å². The molecule has 0 saturated heterocycles. The highest BCUT2D eigenvalue weighted by Gasteiger charge is 2.30. The van der Waals surface area contributed by atoms with Crippen molar-refractivity contribution in [1.29, 1.82) is 0 Å². The molecule has 0 aliphatic heterocycles. The monoisotopic (exact) mass is 502 g/mol. The molecule has 1 atom stereocenters. The molecule has 0 aromatic heterocycles. The normalized spacial score (nSPS) is 10.8. The van der Waals surface area contributed by atoms with E-state index in [0.717, 1.165) is 5.01 Å². The Hall–Kier alpha value is -4.25. The van der Waals surface area contributed by atoms with Gasteiger partial charge < -0.3 is 19.7 Å². The summed E-state index contributed by atoms with van der Waals surface area (Å²) in [5.74, 6) is -3.91. The van der Waals surface area contributed by atoms with Gasteiger partial charge in [0.25, 0.3) is 5.91 Å². The number of ether oxygens (including phenoxy) is 2. The summed E-state index contributed by atoms with van der Waals surface area (Å²) in [7, 11) is 1.41. The predicted octanol–water partition coefficient (Wildman–Crippen LogP) is 2.62. The van der Waals surface area contributed by atoms with Crippen LogP contribution in [0.15, 0.2) is 54.6 Å². The predicted molar refractivity (Wildman–Crippen MR) is 128 cm³/mol. The van der Waals surface area contributed by atoms with E-state index in [4.69, 9.17) is 19.7 Å². The van der Waals surface area contributed by atoms with Crippen LogP contribution in [0.3, 0.4) is 0 Å². The van der Waals surface area contributed by atoms with Crippen molar-refractivity contribution in [2.45, 2.75) is 32.7 Å². The Morgan fingerprint density at radius 2 is 1.31 bits per heavy atom. The molecule has 0 saturated carbocycles. The van der Waals surface area contributed by atoms with Crippen LogP contribution in [0.5, 0.6) is 0 Å². The molecule has 0 unspecified atom stereocenters. The lowest BCUT2D eigenvalue weighted by Crippen LogP contribution is -2.51. The highest BCUT2D eigenvalue weighted by Crippen LogP contribution is 2.12. The first-order valence-corrected chi connectivity index (χ1v) is 11.1. The van der Waals surface area contributed by atoms with E-state index in [1.54, 1.807) is 68.4 Å². The summed E-state index contributed by atoms with van der Waals surface area (Å²) in [6, 6.07) is 13.4. The Bertz CT molecular complexity index is 1000. The van der Waals surface area contributed by atoms with Crippen LogP contribution in [-0.2, 0) is 19.1 Å². The second kappa shape index (κ2) is 15.6. The molecule has 36 heavy (non-hydrogen) atoms. The summed E-state index contributed by atoms with van der Waals surface area (Å²) in [4.78, 5) is 57.1. The molecule has 0 bridgehead atoms. The summed E-state index contributed by atoms with van der Waals surface area (Å²) in [6.45, 7) is 3.97. The van der Waals surface area contributed by atoms with E-state index >= 15 is 0 Å². The van der Waals surface area contributed by atoms with Crippen LogP contribution in [0.4, 0.5) is 0 Å². The summed E-state index contributed by atoms with van der Waals surface area (Å²) in [6.07, 6.45) is -0.513. The number of nitrogens with zero attached hydrogens (tertiary/aromatic N) is 1. The maximum atomic E-state index is 12.2. The third kappa shape index (κ3) is 9.18. The second-order valence-electron chi connectivity index (χ2n) is 7.04. The Morgan fingerprint density at radius 3 is 1.69 bits per heavy atom. The first-order chi connectivity index (χ1) is 17.2. The molecule has 11 heteroatoms. The van der Waals surface area contributed by atoms with E-state index < -0.39 is 35.8 Å². The van der Waals surface area contributed by atoms with Gasteiger partial charge in [-0.25, -0.2) is 19.8 Å². The quantitative estimate of drug-likeness (QED) is 0.308. The number of benzene rings is 2. The van der Waals surface area contributed by atoms with E-state index in [9.17, 15) is 24.0 Å². The standard InChI is InChI=1S/C13H16N2O5.C12H14O4/c1-14-15(10(13(19)20)7-8-11(16)17)12(18)9-5-3-2-4-6-9;1-3-15-11(13)9-7-5-6-8-10(9)12(14)16-4-2/h2-6,10,14H,7-8H2,1H3,(H,16,17)(H,19,20);5-8H,3-4H2,1-2H3/t10-;/m0./s1. The lowest BCUT2D eigenvalue weighted by atomic mass is 10.1. The molecule has 11 nitrogen and oxygen atoms in total. The number of carbonyl (C=O) groups is 5. The number of rotatable bonds is 11. The summed E-state index contributed by atoms with van der Waals surface area (Å²) in [5.41, 5.74) is 3.32. The number of aliphatic carboxylic acids is 2. The molecule has 194 valence electrons. The molecule has 2 aromatic carbocycles. The van der Waals surface area contributed by atoms with Crippen LogP contribution in [0.2, 0.25) is 0 Å². The molecule has 0 aliphatic rings. The molecule has 0 aliphatic carbocycles. The minimum atomic E-state index is -1.26. The third-order valence-electron chi connectivity index (χ3n) is 4.63. The lowest BCUT2D eigenvalue weighted by molar-refractivity contribution is -0.144. The van der Waals surface area contributed by atoms with Gasteiger partial charge in [0.2, 0.25) is 0 Å². The van der Waals surface area contributed by atoms with Crippen molar-refractivity contribution < 1.29 is 43.7 Å². The molecule has 3 N–H and O–H groups in total. The Kier molecular flexibility index (Phi) is 12.9. The van der Waals surface area contributed by atoms with Gasteiger partial charge in [0, 0.05) is 19.0 Å². The van der Waals surface area contributed by atoms with Gasteiger partial charge >= 0.3 is 23.9 Å². The number of nitrogens with one attached hydrogen (secondary N) is 1. The van der Waals surface area contributed by atoms with Crippen molar-refractivity contribution in [1.82, 2.24) is 10.4 Å². The fraction of sp³-hybridized carbons (Fsp3) is 0.320. The summed E-state index contributed by atoms with van der Waals surface area (Å²) >= 11 is 0. The van der Waals surface area contributed by atoms with Crippen molar-refractivity contribution in [2.75, 3.05) is 20.3 Å². The number of esters is 2. The minimum absolute atomic E-state index is 0.177. The molecule has 2 aromatic rings. The minimum Gasteiger partial charge on any atom is -0.481 e. The molecule has 0 spiro atoms. The summed E-state index contributed by atoms with van der Waals surface area (Å²) < 4.78 is 9.70. The summed E-state index contributed by atoms with van der Waals surface area (Å²) in [5, 5.41) is 18.7. The molecular weight excluding hydrogens is 472 g/mol. The van der Waals surface area contributed by atoms with Gasteiger partial charge in [-0.3, -0.25) is 14.6 Å². The van der Waals surface area contributed by atoms with Gasteiger partial charge in [-0.05, 0) is 44.5 Å². The van der Waals surface area contributed by atoms with Crippen LogP contribution >= 0.6 is 0 Å². The number of carbonyl (C=O) groups excluding carboxylic acids is 3. The smallest absolute Gasteiger partial charge is 0.338 e. The molecular formula is C25H30N2O9. The van der Waals surface area contributed by atoms with Gasteiger partial charge in [0.05, 0.1) is 24.3 Å². The zero-order valence-corrected chi connectivity index (χ0v) is 20.3. The number of carboxylic acids is 2. The van der Waals surface area contributed by atoms with E-state index in [2.05, 4.69) is 5.43 Å². The average Bonchev–Trinajstić information content (AvgIpc) is 2.87. The molecule has 0 fully saturated rings. The second-order valence-corrected chi connectivity index (χ2v) is 7.04. The van der Waals surface area contributed by atoms with Crippen LogP contribution in [0, 0.1) is 0 Å². The number of hydrazine groups is 1. The largest absolute Gasteiger partial charge is 0.481 e. The van der Waals surface area contributed by atoms with Crippen molar-refractivity contribution in [3.63, 3.8) is 0 Å². The van der Waals surface area contributed by atoms with Gasteiger partial charge in [-0.2, -0.15) is 0 Å². The number of carboxylic acid groups (broad SMARTS) is 2. The lowest BCUT2D eigenvalue weighted by Gasteiger charge is -2.27. The highest BCUT2D eigenvalue weighted by molar-refractivity contribution is 6.03. The van der Waals surface area contributed by atoms with E-state index in [-0.39, 0.29) is 37.2 Å². The molecule has 2 rings (SSSR count).